The first-order valence-electron chi connectivity index (χ1n) is 5.98. The van der Waals surface area contributed by atoms with Crippen molar-refractivity contribution in [3.63, 3.8) is 0 Å². The highest BCUT2D eigenvalue weighted by Gasteiger charge is 2.12. The van der Waals surface area contributed by atoms with Gasteiger partial charge in [0.2, 0.25) is 0 Å². The van der Waals surface area contributed by atoms with Crippen LogP contribution in [0.1, 0.15) is 25.5 Å². The van der Waals surface area contributed by atoms with Crippen LogP contribution in [0.4, 0.5) is 8.78 Å². The van der Waals surface area contributed by atoms with Crippen LogP contribution in [-0.2, 0) is 0 Å². The Hall–Kier alpha value is -2.31. The van der Waals surface area contributed by atoms with E-state index in [1.165, 1.54) is 12.4 Å². The summed E-state index contributed by atoms with van der Waals surface area (Å²) in [7, 11) is 0. The second kappa shape index (κ2) is 5.77. The number of hydrogen-bond donors (Lipinski definition) is 0. The average Bonchev–Trinajstić information content (AvgIpc) is 2.41. The second-order valence-corrected chi connectivity index (χ2v) is 4.39. The summed E-state index contributed by atoms with van der Waals surface area (Å²) in [6, 6.07) is 4.51. The molecule has 0 N–H and O–H groups in total. The summed E-state index contributed by atoms with van der Waals surface area (Å²) in [6.07, 6.45) is 2.69. The van der Waals surface area contributed by atoms with Gasteiger partial charge >= 0.3 is 12.2 Å². The summed E-state index contributed by atoms with van der Waals surface area (Å²) in [6.45, 7) is 0.924. The molecule has 0 bridgehead atoms. The zero-order valence-electron chi connectivity index (χ0n) is 11.0. The lowest BCUT2D eigenvalue weighted by molar-refractivity contribution is -0.0511. The first-order valence-corrected chi connectivity index (χ1v) is 5.98. The van der Waals surface area contributed by atoms with Gasteiger partial charge in [0.15, 0.2) is 5.75 Å². The number of alkyl halides is 2. The molecule has 0 radical (unpaired) electrons. The first-order chi connectivity index (χ1) is 9.49. The van der Waals surface area contributed by atoms with E-state index in [2.05, 4.69) is 14.8 Å². The van der Waals surface area contributed by atoms with E-state index in [4.69, 9.17) is 0 Å². The van der Waals surface area contributed by atoms with E-state index < -0.39 is 17.9 Å². The fourth-order valence-electron chi connectivity index (χ4n) is 1.63. The first kappa shape index (κ1) is 14.1. The van der Waals surface area contributed by atoms with E-state index in [1.807, 2.05) is 13.8 Å². The summed E-state index contributed by atoms with van der Waals surface area (Å²) < 4.78 is 29.5. The zero-order valence-corrected chi connectivity index (χ0v) is 11.0. The molecule has 0 spiro atoms. The summed E-state index contributed by atoms with van der Waals surface area (Å²) in [5.74, 6) is -0.204. The van der Waals surface area contributed by atoms with Gasteiger partial charge in [-0.25, -0.2) is 0 Å². The Bertz CT molecular complexity index is 639. The van der Waals surface area contributed by atoms with Crippen LogP contribution >= 0.6 is 0 Å². The lowest BCUT2D eigenvalue weighted by Crippen LogP contribution is -2.23. The average molecular weight is 281 g/mol. The third kappa shape index (κ3) is 2.98. The highest BCUT2D eigenvalue weighted by atomic mass is 19.3. The Kier molecular flexibility index (Phi) is 4.07. The molecule has 0 aliphatic rings. The van der Waals surface area contributed by atoms with Gasteiger partial charge in [-0.05, 0) is 18.1 Å². The van der Waals surface area contributed by atoms with Crippen molar-refractivity contribution in [2.45, 2.75) is 26.4 Å². The van der Waals surface area contributed by atoms with Gasteiger partial charge < -0.3 is 4.74 Å². The highest BCUT2D eigenvalue weighted by Crippen LogP contribution is 2.13. The van der Waals surface area contributed by atoms with Crippen LogP contribution in [0.15, 0.2) is 35.4 Å². The minimum atomic E-state index is -3.06. The predicted molar refractivity (Wildman–Crippen MR) is 68.4 cm³/mol. The Morgan fingerprint density at radius 1 is 1.25 bits per heavy atom. The molecule has 2 rings (SSSR count). The van der Waals surface area contributed by atoms with Gasteiger partial charge in [-0.1, -0.05) is 13.8 Å². The van der Waals surface area contributed by atoms with E-state index in [0.29, 0.717) is 5.69 Å². The van der Waals surface area contributed by atoms with Crippen molar-refractivity contribution < 1.29 is 13.5 Å². The third-order valence-corrected chi connectivity index (χ3v) is 2.63. The molecule has 106 valence electrons. The monoisotopic (exact) mass is 281 g/mol. The number of aromatic nitrogens is 3. The number of ether oxygens (including phenoxy) is 1. The quantitative estimate of drug-likeness (QED) is 0.863. The molecule has 0 atom stereocenters. The lowest BCUT2D eigenvalue weighted by atomic mass is 10.1. The molecule has 0 unspecified atom stereocenters. The van der Waals surface area contributed by atoms with Gasteiger partial charge in [-0.2, -0.15) is 18.6 Å². The number of hydrogen-bond acceptors (Lipinski definition) is 4. The van der Waals surface area contributed by atoms with Crippen LogP contribution in [0.3, 0.4) is 0 Å². The van der Waals surface area contributed by atoms with Crippen LogP contribution in [0, 0.1) is 0 Å². The maximum atomic E-state index is 12.2. The SMILES string of the molecule is CC(C)c1ccc(-n2nccc(OC(F)F)c2=O)cn1. The lowest BCUT2D eigenvalue weighted by Gasteiger charge is -2.09. The summed E-state index contributed by atoms with van der Waals surface area (Å²) in [5.41, 5.74) is 0.493. The van der Waals surface area contributed by atoms with Crippen molar-refractivity contribution in [1.29, 1.82) is 0 Å². The molecule has 20 heavy (non-hydrogen) atoms. The molecule has 0 fully saturated rings. The zero-order chi connectivity index (χ0) is 14.7. The highest BCUT2D eigenvalue weighted by molar-refractivity contribution is 5.31. The van der Waals surface area contributed by atoms with Crippen LogP contribution < -0.4 is 10.3 Å². The van der Waals surface area contributed by atoms with Crippen molar-refractivity contribution in [3.05, 3.63) is 46.6 Å². The molecular formula is C13H13F2N3O2. The molecule has 7 heteroatoms. The largest absolute Gasteiger partial charge is 0.429 e. The molecular weight excluding hydrogens is 268 g/mol. The van der Waals surface area contributed by atoms with E-state index in [-0.39, 0.29) is 5.92 Å². The van der Waals surface area contributed by atoms with E-state index in [0.717, 1.165) is 16.4 Å². The summed E-state index contributed by atoms with van der Waals surface area (Å²) in [4.78, 5) is 16.1. The fraction of sp³-hybridized carbons (Fsp3) is 0.308. The van der Waals surface area contributed by atoms with Crippen molar-refractivity contribution in [2.75, 3.05) is 0 Å². The predicted octanol–water partition coefficient (Wildman–Crippen LogP) is 2.35. The number of rotatable bonds is 4. The molecule has 2 heterocycles. The summed E-state index contributed by atoms with van der Waals surface area (Å²) >= 11 is 0. The molecule has 0 aliphatic carbocycles. The van der Waals surface area contributed by atoms with Crippen molar-refractivity contribution >= 4 is 0 Å². The molecule has 0 amide bonds. The van der Waals surface area contributed by atoms with Crippen molar-refractivity contribution in [3.8, 4) is 11.4 Å². The Morgan fingerprint density at radius 2 is 2.00 bits per heavy atom. The van der Waals surface area contributed by atoms with Gasteiger partial charge in [0, 0.05) is 11.8 Å². The molecule has 0 saturated heterocycles. The molecule has 5 nitrogen and oxygen atoms in total. The molecule has 2 aromatic rings. The topological polar surface area (TPSA) is 57.0 Å². The van der Waals surface area contributed by atoms with Gasteiger partial charge in [0.25, 0.3) is 0 Å². The van der Waals surface area contributed by atoms with E-state index in [1.54, 1.807) is 12.1 Å². The number of halogens is 2. The maximum Gasteiger partial charge on any atom is 0.387 e. The Morgan fingerprint density at radius 3 is 2.55 bits per heavy atom. The van der Waals surface area contributed by atoms with E-state index in [9.17, 15) is 13.6 Å². The molecule has 0 aliphatic heterocycles. The van der Waals surface area contributed by atoms with Gasteiger partial charge in [-0.3, -0.25) is 9.78 Å². The van der Waals surface area contributed by atoms with Crippen LogP contribution in [0.25, 0.3) is 5.69 Å². The van der Waals surface area contributed by atoms with Gasteiger partial charge in [0.1, 0.15) is 0 Å². The smallest absolute Gasteiger partial charge is 0.387 e. The van der Waals surface area contributed by atoms with Gasteiger partial charge in [0.05, 0.1) is 18.1 Å². The number of pyridine rings is 1. The van der Waals surface area contributed by atoms with Crippen molar-refractivity contribution in [2.24, 2.45) is 0 Å². The van der Waals surface area contributed by atoms with Gasteiger partial charge in [-0.15, -0.1) is 0 Å². The normalized spacial score (nSPS) is 11.1. The Labute approximate surface area is 113 Å². The van der Waals surface area contributed by atoms with E-state index >= 15 is 0 Å². The Balaban J connectivity index is 2.40. The summed E-state index contributed by atoms with van der Waals surface area (Å²) in [5, 5.41) is 3.83. The second-order valence-electron chi connectivity index (χ2n) is 4.39. The minimum absolute atomic E-state index is 0.252. The molecule has 0 saturated carbocycles. The fourth-order valence-corrected chi connectivity index (χ4v) is 1.63. The van der Waals surface area contributed by atoms with Crippen LogP contribution in [0.2, 0.25) is 0 Å². The maximum absolute atomic E-state index is 12.2. The van der Waals surface area contributed by atoms with Crippen molar-refractivity contribution in [1.82, 2.24) is 14.8 Å². The molecule has 0 aromatic carbocycles. The number of nitrogens with zero attached hydrogens (tertiary/aromatic N) is 3. The third-order valence-electron chi connectivity index (χ3n) is 2.63. The standard InChI is InChI=1S/C13H13F2N3O2/c1-8(2)10-4-3-9(7-16-10)18-12(19)11(5-6-17-18)20-13(14)15/h3-8,13H,1-2H3. The minimum Gasteiger partial charge on any atom is -0.429 e. The van der Waals surface area contributed by atoms with Crippen LogP contribution in [0.5, 0.6) is 5.75 Å². The molecule has 2 aromatic heterocycles. The van der Waals surface area contributed by atoms with Crippen LogP contribution in [-0.4, -0.2) is 21.4 Å².